The number of aliphatic hydroxyl groups excluding tert-OH is 2. The zero-order chi connectivity index (χ0) is 17.9. The molecule has 0 radical (unpaired) electrons. The third-order valence-corrected chi connectivity index (χ3v) is 3.24. The molecule has 0 amide bonds. The van der Waals surface area contributed by atoms with Crippen LogP contribution < -0.4 is 0 Å². The smallest absolute Gasteiger partial charge is 0.335 e. The summed E-state index contributed by atoms with van der Waals surface area (Å²) in [4.78, 5) is 11.5. The van der Waals surface area contributed by atoms with E-state index in [1.807, 2.05) is 0 Å². The Morgan fingerprint density at radius 1 is 1.29 bits per heavy atom. The SMILES string of the molecule is CCOC(=O)[C@H](O)CC(=C=CC[C@@H](O)c1ccc(O)cc1)COC. The second-order valence-corrected chi connectivity index (χ2v) is 5.20. The zero-order valence-corrected chi connectivity index (χ0v) is 13.9. The molecule has 0 fully saturated rings. The van der Waals surface area contributed by atoms with Crippen molar-refractivity contribution in [2.75, 3.05) is 20.3 Å². The molecule has 1 aromatic carbocycles. The van der Waals surface area contributed by atoms with Crippen molar-refractivity contribution in [1.29, 1.82) is 0 Å². The highest BCUT2D eigenvalue weighted by atomic mass is 16.5. The molecule has 3 N–H and O–H groups in total. The number of carbonyl (C=O) groups excluding carboxylic acids is 1. The lowest BCUT2D eigenvalue weighted by molar-refractivity contribution is -0.152. The fraction of sp³-hybridized carbons (Fsp3) is 0.444. The molecular formula is C18H24O6. The van der Waals surface area contributed by atoms with E-state index < -0.39 is 18.2 Å². The Balaban J connectivity index is 2.70. The van der Waals surface area contributed by atoms with Crippen LogP contribution in [0.1, 0.15) is 31.4 Å². The average Bonchev–Trinajstić information content (AvgIpc) is 2.55. The summed E-state index contributed by atoms with van der Waals surface area (Å²) in [5.41, 5.74) is 4.22. The molecule has 0 saturated carbocycles. The van der Waals surface area contributed by atoms with E-state index in [2.05, 4.69) is 5.73 Å². The molecule has 0 aliphatic carbocycles. The van der Waals surface area contributed by atoms with Crippen molar-refractivity contribution in [1.82, 2.24) is 0 Å². The van der Waals surface area contributed by atoms with E-state index >= 15 is 0 Å². The first-order valence-electron chi connectivity index (χ1n) is 7.71. The second-order valence-electron chi connectivity index (χ2n) is 5.20. The van der Waals surface area contributed by atoms with Gasteiger partial charge in [-0.25, -0.2) is 4.79 Å². The highest BCUT2D eigenvalue weighted by Crippen LogP contribution is 2.19. The van der Waals surface area contributed by atoms with Gasteiger partial charge in [0.15, 0.2) is 6.10 Å². The number of methoxy groups -OCH3 is 1. The molecule has 6 nitrogen and oxygen atoms in total. The van der Waals surface area contributed by atoms with Crippen LogP contribution >= 0.6 is 0 Å². The summed E-state index contributed by atoms with van der Waals surface area (Å²) >= 11 is 0. The van der Waals surface area contributed by atoms with Gasteiger partial charge in [-0.3, -0.25) is 0 Å². The van der Waals surface area contributed by atoms with Gasteiger partial charge in [0.05, 0.1) is 19.3 Å². The Labute approximate surface area is 141 Å². The number of carbonyl (C=O) groups is 1. The summed E-state index contributed by atoms with van der Waals surface area (Å²) in [6, 6.07) is 6.28. The molecule has 24 heavy (non-hydrogen) atoms. The predicted molar refractivity (Wildman–Crippen MR) is 88.4 cm³/mol. The topological polar surface area (TPSA) is 96.2 Å². The summed E-state index contributed by atoms with van der Waals surface area (Å²) in [5.74, 6) is -0.547. The molecule has 2 atom stereocenters. The molecule has 0 aromatic heterocycles. The van der Waals surface area contributed by atoms with Crippen LogP contribution in [0.3, 0.4) is 0 Å². The van der Waals surface area contributed by atoms with Crippen LogP contribution in [-0.4, -0.2) is 47.7 Å². The normalized spacial score (nSPS) is 12.8. The van der Waals surface area contributed by atoms with Crippen LogP contribution in [0.15, 0.2) is 41.6 Å². The highest BCUT2D eigenvalue weighted by Gasteiger charge is 2.17. The van der Waals surface area contributed by atoms with Crippen molar-refractivity contribution in [2.24, 2.45) is 0 Å². The van der Waals surface area contributed by atoms with Crippen molar-refractivity contribution in [3.63, 3.8) is 0 Å². The largest absolute Gasteiger partial charge is 0.508 e. The summed E-state index contributed by atoms with van der Waals surface area (Å²) in [6.45, 7) is 2.08. The first kappa shape index (κ1) is 19.9. The maximum absolute atomic E-state index is 11.5. The minimum Gasteiger partial charge on any atom is -0.508 e. The van der Waals surface area contributed by atoms with Gasteiger partial charge in [-0.1, -0.05) is 12.1 Å². The standard InChI is InChI=1S/C18H24O6/c1-3-24-18(22)17(21)11-13(12-23-2)5-4-6-16(20)14-7-9-15(19)10-8-14/h4,7-10,16-17,19-21H,3,6,11-12H2,1-2H3/t5?,16-,17-/m1/s1. The quantitative estimate of drug-likeness (QED) is 0.470. The molecule has 1 aromatic rings. The van der Waals surface area contributed by atoms with Crippen LogP contribution in [0.5, 0.6) is 5.75 Å². The van der Waals surface area contributed by atoms with Gasteiger partial charge in [0.2, 0.25) is 0 Å². The summed E-state index contributed by atoms with van der Waals surface area (Å²) in [5, 5.41) is 29.1. The molecule has 0 saturated heterocycles. The van der Waals surface area contributed by atoms with Crippen molar-refractivity contribution in [2.45, 2.75) is 32.0 Å². The first-order chi connectivity index (χ1) is 11.5. The van der Waals surface area contributed by atoms with E-state index in [4.69, 9.17) is 9.47 Å². The number of hydrogen-bond donors (Lipinski definition) is 3. The molecule has 0 bridgehead atoms. The van der Waals surface area contributed by atoms with E-state index in [1.54, 1.807) is 25.1 Å². The van der Waals surface area contributed by atoms with Gasteiger partial charge >= 0.3 is 5.97 Å². The summed E-state index contributed by atoms with van der Waals surface area (Å²) in [6.07, 6.45) is -0.0229. The van der Waals surface area contributed by atoms with Gasteiger partial charge in [-0.2, -0.15) is 0 Å². The summed E-state index contributed by atoms with van der Waals surface area (Å²) < 4.78 is 9.78. The average molecular weight is 336 g/mol. The van der Waals surface area contributed by atoms with Crippen LogP contribution in [-0.2, 0) is 14.3 Å². The lowest BCUT2D eigenvalue weighted by Gasteiger charge is -2.11. The minimum atomic E-state index is -1.27. The van der Waals surface area contributed by atoms with E-state index in [9.17, 15) is 20.1 Å². The molecule has 6 heteroatoms. The van der Waals surface area contributed by atoms with Crippen molar-refractivity contribution >= 4 is 5.97 Å². The number of aromatic hydroxyl groups is 1. The monoisotopic (exact) mass is 336 g/mol. The Morgan fingerprint density at radius 3 is 2.54 bits per heavy atom. The van der Waals surface area contributed by atoms with E-state index in [0.717, 1.165) is 0 Å². The van der Waals surface area contributed by atoms with Crippen molar-refractivity contribution < 1.29 is 29.6 Å². The lowest BCUT2D eigenvalue weighted by Crippen LogP contribution is -2.24. The van der Waals surface area contributed by atoms with Crippen LogP contribution in [0.25, 0.3) is 0 Å². The highest BCUT2D eigenvalue weighted by molar-refractivity contribution is 5.74. The number of ether oxygens (including phenoxy) is 2. The number of phenols is 1. The fourth-order valence-electron chi connectivity index (χ4n) is 2.04. The second kappa shape index (κ2) is 10.6. The number of rotatable bonds is 9. The number of esters is 1. The van der Waals surface area contributed by atoms with Crippen LogP contribution in [0.2, 0.25) is 0 Å². The Kier molecular flexibility index (Phi) is 8.83. The zero-order valence-electron chi connectivity index (χ0n) is 13.9. The Bertz CT molecular complexity index is 572. The Morgan fingerprint density at radius 2 is 1.96 bits per heavy atom. The molecule has 132 valence electrons. The van der Waals surface area contributed by atoms with E-state index in [1.165, 1.54) is 19.2 Å². The van der Waals surface area contributed by atoms with Gasteiger partial charge in [0.1, 0.15) is 5.75 Å². The Hall–Kier alpha value is -2.11. The van der Waals surface area contributed by atoms with Crippen molar-refractivity contribution in [3.8, 4) is 5.75 Å². The molecular weight excluding hydrogens is 312 g/mol. The summed E-state index contributed by atoms with van der Waals surface area (Å²) in [7, 11) is 1.50. The maximum Gasteiger partial charge on any atom is 0.335 e. The minimum absolute atomic E-state index is 0.0540. The van der Waals surface area contributed by atoms with Crippen LogP contribution in [0.4, 0.5) is 0 Å². The van der Waals surface area contributed by atoms with Gasteiger partial charge in [0, 0.05) is 25.5 Å². The van der Waals surface area contributed by atoms with Gasteiger partial charge in [-0.05, 0) is 30.7 Å². The number of hydrogen-bond acceptors (Lipinski definition) is 6. The lowest BCUT2D eigenvalue weighted by atomic mass is 10.1. The third kappa shape index (κ3) is 6.98. The molecule has 0 unspecified atom stereocenters. The fourth-order valence-corrected chi connectivity index (χ4v) is 2.04. The van der Waals surface area contributed by atoms with Gasteiger partial charge < -0.3 is 24.8 Å². The first-order valence-corrected chi connectivity index (χ1v) is 7.71. The number of benzene rings is 1. The molecule has 0 heterocycles. The molecule has 0 aliphatic heterocycles. The molecule has 0 spiro atoms. The number of phenolic OH excluding ortho intramolecular Hbond substituents is 1. The predicted octanol–water partition coefficient (Wildman–Crippen LogP) is 1.86. The molecule has 1 rings (SSSR count). The third-order valence-electron chi connectivity index (χ3n) is 3.24. The van der Waals surface area contributed by atoms with E-state index in [-0.39, 0.29) is 25.4 Å². The van der Waals surface area contributed by atoms with Crippen LogP contribution in [0, 0.1) is 0 Å². The van der Waals surface area contributed by atoms with E-state index in [0.29, 0.717) is 17.6 Å². The van der Waals surface area contributed by atoms with Gasteiger partial charge in [-0.15, -0.1) is 5.73 Å². The molecule has 0 aliphatic rings. The van der Waals surface area contributed by atoms with Crippen molar-refractivity contribution in [3.05, 3.63) is 47.2 Å². The maximum atomic E-state index is 11.5. The number of aliphatic hydroxyl groups is 2. The van der Waals surface area contributed by atoms with Gasteiger partial charge in [0.25, 0.3) is 0 Å².